The molecule has 1 aromatic heterocycles. The number of pyridine rings is 1. The summed E-state index contributed by atoms with van der Waals surface area (Å²) in [5.74, 6) is -0.810. The molecule has 0 bridgehead atoms. The van der Waals surface area contributed by atoms with Gasteiger partial charge in [0.25, 0.3) is 0 Å². The number of anilines is 1. The normalized spacial score (nSPS) is 19.2. The Morgan fingerprint density at radius 2 is 2.33 bits per heavy atom. The molecule has 0 aliphatic carbocycles. The van der Waals surface area contributed by atoms with Crippen LogP contribution >= 0.6 is 15.9 Å². The summed E-state index contributed by atoms with van der Waals surface area (Å²) >= 11 is 3.38. The van der Waals surface area contributed by atoms with Crippen LogP contribution in [0.15, 0.2) is 16.7 Å². The van der Waals surface area contributed by atoms with E-state index in [1.807, 2.05) is 13.0 Å². The van der Waals surface area contributed by atoms with E-state index in [4.69, 9.17) is 0 Å². The van der Waals surface area contributed by atoms with Crippen LogP contribution in [-0.4, -0.2) is 30.5 Å². The molecule has 1 fully saturated rings. The van der Waals surface area contributed by atoms with E-state index in [0.29, 0.717) is 12.2 Å². The molecule has 0 aromatic carbocycles. The highest BCUT2D eigenvalue weighted by atomic mass is 79.9. The summed E-state index contributed by atoms with van der Waals surface area (Å²) in [4.78, 5) is 29.1. The predicted molar refractivity (Wildman–Crippen MR) is 69.2 cm³/mol. The second-order valence-corrected chi connectivity index (χ2v) is 5.04. The van der Waals surface area contributed by atoms with E-state index in [2.05, 4.69) is 25.7 Å². The lowest BCUT2D eigenvalue weighted by atomic mass is 10.1. The molecule has 0 saturated carbocycles. The number of methoxy groups -OCH3 is 1. The van der Waals surface area contributed by atoms with Gasteiger partial charge in [-0.3, -0.25) is 14.6 Å². The van der Waals surface area contributed by atoms with E-state index in [-0.39, 0.29) is 24.2 Å². The van der Waals surface area contributed by atoms with E-state index in [1.54, 1.807) is 11.1 Å². The van der Waals surface area contributed by atoms with E-state index >= 15 is 0 Å². The van der Waals surface area contributed by atoms with Crippen molar-refractivity contribution >= 4 is 33.5 Å². The maximum absolute atomic E-state index is 11.9. The summed E-state index contributed by atoms with van der Waals surface area (Å²) in [5, 5.41) is 0. The molecule has 18 heavy (non-hydrogen) atoms. The maximum atomic E-state index is 11.9. The van der Waals surface area contributed by atoms with Gasteiger partial charge in [-0.1, -0.05) is 0 Å². The number of carbonyl (C=O) groups excluding carboxylic acids is 2. The minimum atomic E-state index is -0.387. The molecule has 1 unspecified atom stereocenters. The summed E-state index contributed by atoms with van der Waals surface area (Å²) in [6, 6.07) is 1.83. The van der Waals surface area contributed by atoms with Gasteiger partial charge < -0.3 is 9.64 Å². The molecule has 1 aliphatic heterocycles. The molecular formula is C12H13BrN2O3. The van der Waals surface area contributed by atoms with Crippen molar-refractivity contribution in [1.29, 1.82) is 0 Å². The zero-order valence-corrected chi connectivity index (χ0v) is 11.7. The summed E-state index contributed by atoms with van der Waals surface area (Å²) in [5.41, 5.74) is 1.55. The Morgan fingerprint density at radius 3 is 2.94 bits per heavy atom. The van der Waals surface area contributed by atoms with Gasteiger partial charge in [0.15, 0.2) is 0 Å². The summed E-state index contributed by atoms with van der Waals surface area (Å²) in [6.07, 6.45) is 1.83. The number of esters is 1. The number of aromatic nitrogens is 1. The van der Waals surface area contributed by atoms with Crippen molar-refractivity contribution in [2.45, 2.75) is 13.3 Å². The highest BCUT2D eigenvalue weighted by Gasteiger charge is 2.36. The molecule has 96 valence electrons. The van der Waals surface area contributed by atoms with Crippen LogP contribution in [0.3, 0.4) is 0 Å². The van der Waals surface area contributed by atoms with Crippen LogP contribution in [0.4, 0.5) is 5.69 Å². The summed E-state index contributed by atoms with van der Waals surface area (Å²) in [7, 11) is 1.33. The van der Waals surface area contributed by atoms with Crippen LogP contribution in [0, 0.1) is 12.8 Å². The Bertz CT molecular complexity index is 504. The van der Waals surface area contributed by atoms with Crippen molar-refractivity contribution in [2.75, 3.05) is 18.6 Å². The predicted octanol–water partition coefficient (Wildman–Crippen LogP) is 1.68. The zero-order chi connectivity index (χ0) is 13.3. The van der Waals surface area contributed by atoms with Crippen LogP contribution in [0.2, 0.25) is 0 Å². The smallest absolute Gasteiger partial charge is 0.311 e. The number of nitrogens with zero attached hydrogens (tertiary/aromatic N) is 2. The Morgan fingerprint density at radius 1 is 1.61 bits per heavy atom. The maximum Gasteiger partial charge on any atom is 0.311 e. The Kier molecular flexibility index (Phi) is 3.65. The number of aryl methyl sites for hydroxylation is 1. The first kappa shape index (κ1) is 13.0. The first-order chi connectivity index (χ1) is 8.52. The van der Waals surface area contributed by atoms with Gasteiger partial charge in [0.05, 0.1) is 30.6 Å². The van der Waals surface area contributed by atoms with Gasteiger partial charge >= 0.3 is 5.97 Å². The number of hydrogen-bond donors (Lipinski definition) is 0. The molecule has 2 heterocycles. The zero-order valence-electron chi connectivity index (χ0n) is 10.1. The van der Waals surface area contributed by atoms with Gasteiger partial charge in [-0.25, -0.2) is 0 Å². The highest BCUT2D eigenvalue weighted by molar-refractivity contribution is 9.10. The lowest BCUT2D eigenvalue weighted by Crippen LogP contribution is -2.26. The monoisotopic (exact) mass is 312 g/mol. The summed E-state index contributed by atoms with van der Waals surface area (Å²) < 4.78 is 5.51. The van der Waals surface area contributed by atoms with Crippen molar-refractivity contribution in [3.8, 4) is 0 Å². The first-order valence-corrected chi connectivity index (χ1v) is 6.32. The standard InChI is InChI=1S/C12H13BrN2O3/c1-7-10(13)4-9(5-14-7)15-6-8(3-11(15)16)12(17)18-2/h4-5,8H,3,6H2,1-2H3. The molecule has 1 amide bonds. The van der Waals surface area contributed by atoms with E-state index in [1.165, 1.54) is 7.11 Å². The fourth-order valence-corrected chi connectivity index (χ4v) is 2.26. The molecule has 0 radical (unpaired) electrons. The number of hydrogen-bond acceptors (Lipinski definition) is 4. The third kappa shape index (κ3) is 2.38. The van der Waals surface area contributed by atoms with Crippen LogP contribution in [0.25, 0.3) is 0 Å². The number of rotatable bonds is 2. The van der Waals surface area contributed by atoms with Crippen molar-refractivity contribution in [3.63, 3.8) is 0 Å². The number of ether oxygens (including phenoxy) is 1. The van der Waals surface area contributed by atoms with Crippen LogP contribution in [0.1, 0.15) is 12.1 Å². The molecule has 1 aliphatic rings. The summed E-state index contributed by atoms with van der Waals surface area (Å²) in [6.45, 7) is 2.22. The fraction of sp³-hybridized carbons (Fsp3) is 0.417. The fourth-order valence-electron chi connectivity index (χ4n) is 1.93. The second-order valence-electron chi connectivity index (χ2n) is 4.19. The van der Waals surface area contributed by atoms with Gasteiger partial charge in [0.1, 0.15) is 0 Å². The lowest BCUT2D eigenvalue weighted by Gasteiger charge is -2.16. The third-order valence-electron chi connectivity index (χ3n) is 2.98. The molecule has 6 heteroatoms. The second kappa shape index (κ2) is 5.06. The van der Waals surface area contributed by atoms with Crippen LogP contribution < -0.4 is 4.90 Å². The molecule has 5 nitrogen and oxygen atoms in total. The molecule has 0 spiro atoms. The lowest BCUT2D eigenvalue weighted by molar-refractivity contribution is -0.145. The minimum Gasteiger partial charge on any atom is -0.469 e. The Hall–Kier alpha value is -1.43. The average molecular weight is 313 g/mol. The first-order valence-electron chi connectivity index (χ1n) is 5.53. The van der Waals surface area contributed by atoms with Gasteiger partial charge in [0.2, 0.25) is 5.91 Å². The SMILES string of the molecule is COC(=O)C1CC(=O)N(c2cnc(C)c(Br)c2)C1. The molecular weight excluding hydrogens is 300 g/mol. The van der Waals surface area contributed by atoms with Crippen molar-refractivity contribution in [3.05, 3.63) is 22.4 Å². The molecule has 1 saturated heterocycles. The van der Waals surface area contributed by atoms with E-state index in [9.17, 15) is 9.59 Å². The Balaban J connectivity index is 2.21. The van der Waals surface area contributed by atoms with E-state index in [0.717, 1.165) is 10.2 Å². The molecule has 1 aromatic rings. The molecule has 2 rings (SSSR count). The van der Waals surface area contributed by atoms with Crippen LogP contribution in [0.5, 0.6) is 0 Å². The number of halogens is 1. The molecule has 1 atom stereocenters. The quantitative estimate of drug-likeness (QED) is 0.780. The van der Waals surface area contributed by atoms with Gasteiger partial charge in [-0.2, -0.15) is 0 Å². The van der Waals surface area contributed by atoms with Gasteiger partial charge in [-0.15, -0.1) is 0 Å². The number of amides is 1. The Labute approximate surface area is 113 Å². The largest absolute Gasteiger partial charge is 0.469 e. The van der Waals surface area contributed by atoms with Crippen LogP contribution in [-0.2, 0) is 14.3 Å². The van der Waals surface area contributed by atoms with Crippen molar-refractivity contribution in [1.82, 2.24) is 4.98 Å². The third-order valence-corrected chi connectivity index (χ3v) is 3.78. The molecule has 0 N–H and O–H groups in total. The van der Waals surface area contributed by atoms with Gasteiger partial charge in [0, 0.05) is 17.4 Å². The highest BCUT2D eigenvalue weighted by Crippen LogP contribution is 2.28. The topological polar surface area (TPSA) is 59.5 Å². The van der Waals surface area contributed by atoms with Crippen molar-refractivity contribution in [2.24, 2.45) is 5.92 Å². The minimum absolute atomic E-state index is 0.0806. The van der Waals surface area contributed by atoms with Crippen molar-refractivity contribution < 1.29 is 14.3 Å². The average Bonchev–Trinajstić information content (AvgIpc) is 2.74. The van der Waals surface area contributed by atoms with Gasteiger partial charge in [-0.05, 0) is 28.9 Å². The van der Waals surface area contributed by atoms with E-state index < -0.39 is 0 Å². The number of carbonyl (C=O) groups is 2.